The van der Waals surface area contributed by atoms with Gasteiger partial charge in [-0.05, 0) is 49.2 Å². The van der Waals surface area contributed by atoms with Crippen LogP contribution in [0.2, 0.25) is 0 Å². The molecule has 0 unspecified atom stereocenters. The van der Waals surface area contributed by atoms with Gasteiger partial charge in [-0.3, -0.25) is 24.6 Å². The van der Waals surface area contributed by atoms with Crippen LogP contribution in [0.1, 0.15) is 18.1 Å². The summed E-state index contributed by atoms with van der Waals surface area (Å²) in [4.78, 5) is 48.3. The molecule has 10 heteroatoms. The number of nitro benzene ring substituents is 1. The third kappa shape index (κ3) is 3.77. The Morgan fingerprint density at radius 2 is 1.90 bits per heavy atom. The van der Waals surface area contributed by atoms with E-state index in [-0.39, 0.29) is 11.4 Å². The van der Waals surface area contributed by atoms with Crippen LogP contribution in [0.15, 0.2) is 42.5 Å². The zero-order valence-electron chi connectivity index (χ0n) is 15.6. The van der Waals surface area contributed by atoms with Crippen LogP contribution >= 0.6 is 0 Å². The maximum absolute atomic E-state index is 13.6. The first-order chi connectivity index (χ1) is 13.6. The van der Waals surface area contributed by atoms with Crippen LogP contribution in [0.4, 0.5) is 20.6 Å². The van der Waals surface area contributed by atoms with Crippen LogP contribution in [-0.4, -0.2) is 34.2 Å². The van der Waals surface area contributed by atoms with E-state index in [0.717, 1.165) is 11.0 Å². The second-order valence-electron chi connectivity index (χ2n) is 6.76. The lowest BCUT2D eigenvalue weighted by Crippen LogP contribution is -2.42. The Kier molecular flexibility index (Phi) is 5.02. The number of urea groups is 1. The van der Waals surface area contributed by atoms with Gasteiger partial charge in [-0.1, -0.05) is 6.07 Å². The molecule has 0 spiro atoms. The molecule has 0 aliphatic carbocycles. The van der Waals surface area contributed by atoms with Crippen molar-refractivity contribution in [2.75, 3.05) is 11.9 Å². The molecule has 0 saturated carbocycles. The number of imide groups is 1. The molecule has 1 heterocycles. The van der Waals surface area contributed by atoms with E-state index in [0.29, 0.717) is 11.1 Å². The van der Waals surface area contributed by atoms with Gasteiger partial charge in [-0.2, -0.15) is 0 Å². The number of amides is 4. The summed E-state index contributed by atoms with van der Waals surface area (Å²) in [6.07, 6.45) is 0. The molecule has 29 heavy (non-hydrogen) atoms. The van der Waals surface area contributed by atoms with Crippen LogP contribution < -0.4 is 10.6 Å². The third-order valence-corrected chi connectivity index (χ3v) is 4.69. The molecule has 9 nitrogen and oxygen atoms in total. The number of anilines is 1. The number of hydrogen-bond acceptors (Lipinski definition) is 5. The molecule has 2 aromatic rings. The van der Waals surface area contributed by atoms with Crippen molar-refractivity contribution in [3.63, 3.8) is 0 Å². The minimum atomic E-state index is -1.47. The number of rotatable bonds is 5. The Morgan fingerprint density at radius 1 is 1.24 bits per heavy atom. The molecular weight excluding hydrogens is 383 g/mol. The van der Waals surface area contributed by atoms with E-state index in [1.165, 1.54) is 43.3 Å². The summed E-state index contributed by atoms with van der Waals surface area (Å²) >= 11 is 0. The Hall–Kier alpha value is -3.82. The van der Waals surface area contributed by atoms with E-state index in [2.05, 4.69) is 10.6 Å². The zero-order chi connectivity index (χ0) is 21.3. The standard InChI is InChI=1S/C19H17FN4O5/c1-11-3-6-13(9-15(11)20)21-16(25)10-23-17(26)19(2,22-18(23)27)12-4-7-14(8-5-12)24(28)29/h3-9H,10H2,1-2H3,(H,21,25)(H,22,27)/t19-/m0/s1. The fraction of sp³-hybridized carbons (Fsp3) is 0.211. The van der Waals surface area contributed by atoms with Gasteiger partial charge >= 0.3 is 6.03 Å². The minimum absolute atomic E-state index is 0.157. The number of aryl methyl sites for hydroxylation is 1. The highest BCUT2D eigenvalue weighted by Crippen LogP contribution is 2.30. The summed E-state index contributed by atoms with van der Waals surface area (Å²) in [5.41, 5.74) is -0.678. The van der Waals surface area contributed by atoms with Gasteiger partial charge in [0.15, 0.2) is 0 Å². The lowest BCUT2D eigenvalue weighted by Gasteiger charge is -2.22. The number of hydrogen-bond donors (Lipinski definition) is 2. The number of nitrogens with one attached hydrogen (secondary N) is 2. The molecule has 1 atom stereocenters. The lowest BCUT2D eigenvalue weighted by atomic mass is 9.92. The quantitative estimate of drug-likeness (QED) is 0.454. The highest BCUT2D eigenvalue weighted by Gasteiger charge is 2.49. The van der Waals surface area contributed by atoms with E-state index >= 15 is 0 Å². The number of carbonyl (C=O) groups is 3. The molecule has 1 aliphatic rings. The largest absolute Gasteiger partial charge is 0.325 e. The van der Waals surface area contributed by atoms with E-state index in [1.54, 1.807) is 6.92 Å². The van der Waals surface area contributed by atoms with Gasteiger partial charge in [0, 0.05) is 17.8 Å². The Bertz CT molecular complexity index is 1020. The van der Waals surface area contributed by atoms with Gasteiger partial charge in [0.1, 0.15) is 17.9 Å². The van der Waals surface area contributed by atoms with Gasteiger partial charge in [0.25, 0.3) is 11.6 Å². The van der Waals surface area contributed by atoms with Gasteiger partial charge in [-0.15, -0.1) is 0 Å². The van der Waals surface area contributed by atoms with Crippen LogP contribution in [0.25, 0.3) is 0 Å². The van der Waals surface area contributed by atoms with E-state index < -0.39 is 40.7 Å². The predicted octanol–water partition coefficient (Wildman–Crippen LogP) is 2.45. The fourth-order valence-corrected chi connectivity index (χ4v) is 2.97. The van der Waals surface area contributed by atoms with Crippen molar-refractivity contribution in [1.82, 2.24) is 10.2 Å². The number of benzene rings is 2. The average molecular weight is 400 g/mol. The van der Waals surface area contributed by atoms with Gasteiger partial charge in [0.05, 0.1) is 4.92 Å². The monoisotopic (exact) mass is 400 g/mol. The molecule has 1 aliphatic heterocycles. The molecule has 1 saturated heterocycles. The van der Waals surface area contributed by atoms with Gasteiger partial charge < -0.3 is 10.6 Å². The van der Waals surface area contributed by atoms with Crippen LogP contribution in [0.3, 0.4) is 0 Å². The van der Waals surface area contributed by atoms with Gasteiger partial charge in [0.2, 0.25) is 5.91 Å². The van der Waals surface area contributed by atoms with Crippen molar-refractivity contribution in [2.24, 2.45) is 0 Å². The Balaban J connectivity index is 1.74. The molecular formula is C19H17FN4O5. The summed E-state index contributed by atoms with van der Waals surface area (Å²) in [5, 5.41) is 15.7. The second kappa shape index (κ2) is 7.30. The topological polar surface area (TPSA) is 122 Å². The van der Waals surface area contributed by atoms with Crippen molar-refractivity contribution in [2.45, 2.75) is 19.4 Å². The fourth-order valence-electron chi connectivity index (χ4n) is 2.97. The molecule has 0 aromatic heterocycles. The highest BCUT2D eigenvalue weighted by atomic mass is 19.1. The predicted molar refractivity (Wildman–Crippen MR) is 100 cm³/mol. The second-order valence-corrected chi connectivity index (χ2v) is 6.76. The summed E-state index contributed by atoms with van der Waals surface area (Å²) in [5.74, 6) is -1.85. The first kappa shape index (κ1) is 19.9. The first-order valence-corrected chi connectivity index (χ1v) is 8.57. The Morgan fingerprint density at radius 3 is 2.48 bits per heavy atom. The third-order valence-electron chi connectivity index (χ3n) is 4.69. The first-order valence-electron chi connectivity index (χ1n) is 8.57. The number of carbonyl (C=O) groups excluding carboxylic acids is 3. The van der Waals surface area contributed by atoms with Crippen LogP contribution in [-0.2, 0) is 15.1 Å². The lowest BCUT2D eigenvalue weighted by molar-refractivity contribution is -0.384. The highest BCUT2D eigenvalue weighted by molar-refractivity contribution is 6.10. The smallest absolute Gasteiger partial charge is 0.324 e. The average Bonchev–Trinajstić information content (AvgIpc) is 2.89. The molecule has 2 aromatic carbocycles. The summed E-state index contributed by atoms with van der Waals surface area (Å²) in [7, 11) is 0. The maximum atomic E-state index is 13.6. The number of non-ortho nitro benzene ring substituents is 1. The van der Waals surface area contributed by atoms with Crippen molar-refractivity contribution in [3.05, 3.63) is 69.5 Å². The minimum Gasteiger partial charge on any atom is -0.324 e. The van der Waals surface area contributed by atoms with Crippen molar-refractivity contribution in [1.29, 1.82) is 0 Å². The van der Waals surface area contributed by atoms with E-state index in [9.17, 15) is 28.9 Å². The molecule has 150 valence electrons. The van der Waals surface area contributed by atoms with Crippen LogP contribution in [0, 0.1) is 22.9 Å². The van der Waals surface area contributed by atoms with Crippen molar-refractivity contribution < 1.29 is 23.7 Å². The molecule has 0 radical (unpaired) electrons. The molecule has 3 rings (SSSR count). The molecule has 4 amide bonds. The molecule has 0 bridgehead atoms. The van der Waals surface area contributed by atoms with E-state index in [4.69, 9.17) is 0 Å². The number of halogens is 1. The summed E-state index contributed by atoms with van der Waals surface area (Å²) < 4.78 is 13.6. The van der Waals surface area contributed by atoms with Crippen LogP contribution in [0.5, 0.6) is 0 Å². The molecule has 2 N–H and O–H groups in total. The molecule has 1 fully saturated rings. The van der Waals surface area contributed by atoms with Crippen molar-refractivity contribution >= 4 is 29.2 Å². The normalized spacial score (nSPS) is 18.5. The van der Waals surface area contributed by atoms with Crippen molar-refractivity contribution in [3.8, 4) is 0 Å². The number of nitro groups is 1. The summed E-state index contributed by atoms with van der Waals surface area (Å²) in [6, 6.07) is 8.54. The SMILES string of the molecule is Cc1ccc(NC(=O)CN2C(=O)N[C@@](C)(c3ccc([N+](=O)[O-])cc3)C2=O)cc1F. The summed E-state index contributed by atoms with van der Waals surface area (Å²) in [6.45, 7) is 2.46. The Labute approximate surface area is 164 Å². The zero-order valence-corrected chi connectivity index (χ0v) is 15.6. The van der Waals surface area contributed by atoms with Gasteiger partial charge in [-0.25, -0.2) is 9.18 Å². The van der Waals surface area contributed by atoms with E-state index in [1.807, 2.05) is 0 Å². The number of nitrogens with zero attached hydrogens (tertiary/aromatic N) is 2. The maximum Gasteiger partial charge on any atom is 0.325 e.